The number of nitrogens with zero attached hydrogens (tertiary/aromatic N) is 1. The average molecular weight is 309 g/mol. The molecule has 2 rings (SSSR count). The van der Waals surface area contributed by atoms with E-state index >= 15 is 0 Å². The number of halogens is 1. The number of carboxylic acids is 1. The molecule has 0 atom stereocenters. The molecule has 1 aromatic carbocycles. The quantitative estimate of drug-likeness (QED) is 0.790. The van der Waals surface area contributed by atoms with Gasteiger partial charge in [0, 0.05) is 29.9 Å². The maximum absolute atomic E-state index is 11.8. The van der Waals surface area contributed by atoms with E-state index in [1.54, 1.807) is 30.1 Å². The van der Waals surface area contributed by atoms with Gasteiger partial charge in [0.2, 0.25) is 5.91 Å². The lowest BCUT2D eigenvalue weighted by Gasteiger charge is -2.21. The lowest BCUT2D eigenvalue weighted by atomic mass is 10.1. The van der Waals surface area contributed by atoms with Crippen LogP contribution >= 0.6 is 11.6 Å². The fourth-order valence-electron chi connectivity index (χ4n) is 1.97. The monoisotopic (exact) mass is 308 g/mol. The molecule has 0 bridgehead atoms. The molecule has 0 radical (unpaired) electrons. The largest absolute Gasteiger partial charge is 0.478 e. The van der Waals surface area contributed by atoms with Crippen LogP contribution in [0, 0.1) is 0 Å². The molecule has 21 heavy (non-hydrogen) atoms. The number of hydrogen-bond acceptors (Lipinski definition) is 3. The Morgan fingerprint density at radius 2 is 2.19 bits per heavy atom. The third-order valence-corrected chi connectivity index (χ3v) is 3.36. The van der Waals surface area contributed by atoms with Crippen LogP contribution in [-0.2, 0) is 9.59 Å². The summed E-state index contributed by atoms with van der Waals surface area (Å²) in [4.78, 5) is 24.3. The first-order valence-corrected chi connectivity index (χ1v) is 7.04. The molecule has 1 saturated carbocycles. The Labute approximate surface area is 128 Å². The van der Waals surface area contributed by atoms with Gasteiger partial charge in [-0.05, 0) is 42.7 Å². The number of carboxylic acid groups (broad SMARTS) is 1. The number of likely N-dealkylation sites (N-methyl/N-ethyl adjacent to an activating group) is 1. The minimum absolute atomic E-state index is 0.0388. The van der Waals surface area contributed by atoms with Gasteiger partial charge < -0.3 is 15.3 Å². The number of nitrogens with one attached hydrogen (secondary N) is 1. The van der Waals surface area contributed by atoms with Gasteiger partial charge >= 0.3 is 5.97 Å². The van der Waals surface area contributed by atoms with E-state index in [-0.39, 0.29) is 12.5 Å². The second-order valence-electron chi connectivity index (χ2n) is 5.07. The molecule has 1 aliphatic carbocycles. The third kappa shape index (κ3) is 4.79. The first kappa shape index (κ1) is 15.4. The topological polar surface area (TPSA) is 69.6 Å². The highest BCUT2D eigenvalue weighted by molar-refractivity contribution is 6.30. The predicted molar refractivity (Wildman–Crippen MR) is 82.6 cm³/mol. The molecule has 0 saturated heterocycles. The number of hydrogen-bond donors (Lipinski definition) is 2. The predicted octanol–water partition coefficient (Wildman–Crippen LogP) is 2.15. The minimum Gasteiger partial charge on any atom is -0.478 e. The van der Waals surface area contributed by atoms with Crippen molar-refractivity contribution in [2.75, 3.05) is 18.5 Å². The molecule has 2 N–H and O–H groups in total. The molecule has 0 heterocycles. The van der Waals surface area contributed by atoms with E-state index in [0.717, 1.165) is 24.6 Å². The first-order chi connectivity index (χ1) is 9.95. The Hall–Kier alpha value is -2.01. The van der Waals surface area contributed by atoms with Gasteiger partial charge in [0.25, 0.3) is 0 Å². The minimum atomic E-state index is -1.03. The molecule has 112 valence electrons. The van der Waals surface area contributed by atoms with Crippen LogP contribution in [0.4, 0.5) is 5.69 Å². The number of carbonyl (C=O) groups is 2. The van der Waals surface area contributed by atoms with Crippen LogP contribution in [0.3, 0.4) is 0 Å². The van der Waals surface area contributed by atoms with Crippen molar-refractivity contribution in [2.24, 2.45) is 0 Å². The molecule has 0 aliphatic heterocycles. The second-order valence-corrected chi connectivity index (χ2v) is 5.51. The van der Waals surface area contributed by atoms with Crippen molar-refractivity contribution in [3.8, 4) is 0 Å². The van der Waals surface area contributed by atoms with Crippen LogP contribution in [0.1, 0.15) is 18.4 Å². The van der Waals surface area contributed by atoms with Gasteiger partial charge in [-0.15, -0.1) is 0 Å². The molecular formula is C15H17ClN2O3. The Kier molecular flexibility index (Phi) is 4.85. The van der Waals surface area contributed by atoms with Crippen molar-refractivity contribution in [2.45, 2.75) is 18.9 Å². The molecule has 0 spiro atoms. The summed E-state index contributed by atoms with van der Waals surface area (Å²) in [6.07, 6.45) is 4.61. The van der Waals surface area contributed by atoms with E-state index in [9.17, 15) is 9.59 Å². The van der Waals surface area contributed by atoms with Gasteiger partial charge in [0.1, 0.15) is 0 Å². The highest BCUT2D eigenvalue weighted by atomic mass is 35.5. The van der Waals surface area contributed by atoms with Crippen molar-refractivity contribution >= 4 is 35.2 Å². The fraction of sp³-hybridized carbons (Fsp3) is 0.333. The molecule has 1 aliphatic rings. The van der Waals surface area contributed by atoms with Crippen LogP contribution in [0.5, 0.6) is 0 Å². The lowest BCUT2D eigenvalue weighted by Crippen LogP contribution is -2.36. The molecule has 1 amide bonds. The first-order valence-electron chi connectivity index (χ1n) is 6.67. The molecular weight excluding hydrogens is 292 g/mol. The van der Waals surface area contributed by atoms with Gasteiger partial charge in [-0.1, -0.05) is 11.6 Å². The van der Waals surface area contributed by atoms with E-state index in [4.69, 9.17) is 16.7 Å². The maximum atomic E-state index is 11.8. The van der Waals surface area contributed by atoms with Crippen LogP contribution in [0.25, 0.3) is 6.08 Å². The zero-order valence-corrected chi connectivity index (χ0v) is 12.4. The van der Waals surface area contributed by atoms with Crippen molar-refractivity contribution in [3.63, 3.8) is 0 Å². The summed E-state index contributed by atoms with van der Waals surface area (Å²) in [5.41, 5.74) is 1.41. The molecule has 5 nitrogen and oxygen atoms in total. The van der Waals surface area contributed by atoms with Crippen LogP contribution in [-0.4, -0.2) is 36.6 Å². The maximum Gasteiger partial charge on any atom is 0.328 e. The SMILES string of the molecule is CN(CC(=O)NC1CC1)c1ccc(Cl)cc1/C=C/C(=O)O. The zero-order chi connectivity index (χ0) is 15.4. The molecule has 0 unspecified atom stereocenters. The standard InChI is InChI=1S/C15H17ClN2O3/c1-18(9-14(19)17-12-4-5-12)13-6-3-11(16)8-10(13)2-7-15(20)21/h2-3,6-8,12H,4-5,9H2,1H3,(H,17,19)(H,20,21)/b7-2+. The van der Waals surface area contributed by atoms with E-state index in [1.165, 1.54) is 6.08 Å². The van der Waals surface area contributed by atoms with Crippen LogP contribution in [0.2, 0.25) is 5.02 Å². The van der Waals surface area contributed by atoms with Crippen molar-refractivity contribution < 1.29 is 14.7 Å². The van der Waals surface area contributed by atoms with Gasteiger partial charge in [0.05, 0.1) is 6.54 Å². The van der Waals surface area contributed by atoms with E-state index in [0.29, 0.717) is 16.6 Å². The summed E-state index contributed by atoms with van der Waals surface area (Å²) in [6.45, 7) is 0.214. The van der Waals surface area contributed by atoms with E-state index in [1.807, 2.05) is 0 Å². The third-order valence-electron chi connectivity index (χ3n) is 3.13. The lowest BCUT2D eigenvalue weighted by molar-refractivity contribution is -0.131. The summed E-state index contributed by atoms with van der Waals surface area (Å²) >= 11 is 5.94. The molecule has 1 aromatic rings. The Bertz CT molecular complexity index is 582. The van der Waals surface area contributed by atoms with E-state index in [2.05, 4.69) is 5.32 Å². The highest BCUT2D eigenvalue weighted by Crippen LogP contribution is 2.25. The number of amides is 1. The summed E-state index contributed by atoms with van der Waals surface area (Å²) in [6, 6.07) is 5.48. The number of aliphatic carboxylic acids is 1. The van der Waals surface area contributed by atoms with Crippen LogP contribution < -0.4 is 10.2 Å². The number of benzene rings is 1. The summed E-state index contributed by atoms with van der Waals surface area (Å²) in [5.74, 6) is -1.07. The zero-order valence-electron chi connectivity index (χ0n) is 11.7. The van der Waals surface area contributed by atoms with Gasteiger partial charge in [-0.3, -0.25) is 4.79 Å². The van der Waals surface area contributed by atoms with Gasteiger partial charge in [0.15, 0.2) is 0 Å². The second kappa shape index (κ2) is 6.63. The normalized spacial score (nSPS) is 14.2. The number of rotatable bonds is 6. The molecule has 0 aromatic heterocycles. The average Bonchev–Trinajstić information content (AvgIpc) is 3.19. The van der Waals surface area contributed by atoms with Crippen molar-refractivity contribution in [1.82, 2.24) is 5.32 Å². The fourth-order valence-corrected chi connectivity index (χ4v) is 2.15. The Balaban J connectivity index is 2.12. The Morgan fingerprint density at radius 1 is 1.48 bits per heavy atom. The Morgan fingerprint density at radius 3 is 2.81 bits per heavy atom. The number of carbonyl (C=O) groups excluding carboxylic acids is 1. The van der Waals surface area contributed by atoms with Gasteiger partial charge in [-0.25, -0.2) is 4.79 Å². The summed E-state index contributed by atoms with van der Waals surface area (Å²) < 4.78 is 0. The van der Waals surface area contributed by atoms with Gasteiger partial charge in [-0.2, -0.15) is 0 Å². The smallest absolute Gasteiger partial charge is 0.328 e. The highest BCUT2D eigenvalue weighted by Gasteiger charge is 2.23. The van der Waals surface area contributed by atoms with Crippen molar-refractivity contribution in [3.05, 3.63) is 34.9 Å². The summed E-state index contributed by atoms with van der Waals surface area (Å²) in [7, 11) is 1.79. The van der Waals surface area contributed by atoms with Crippen LogP contribution in [0.15, 0.2) is 24.3 Å². The molecule has 6 heteroatoms. The molecule has 1 fully saturated rings. The summed E-state index contributed by atoms with van der Waals surface area (Å²) in [5, 5.41) is 12.2. The van der Waals surface area contributed by atoms with Crippen molar-refractivity contribution in [1.29, 1.82) is 0 Å². The number of anilines is 1. The van der Waals surface area contributed by atoms with E-state index < -0.39 is 5.97 Å².